The number of aliphatic hydroxyl groups is 1. The Labute approximate surface area is 94.7 Å². The number of halogens is 2. The molecule has 0 spiro atoms. The number of hydrogen-bond donors (Lipinski definition) is 1. The summed E-state index contributed by atoms with van der Waals surface area (Å²) < 4.78 is 0. The summed E-state index contributed by atoms with van der Waals surface area (Å²) in [6.45, 7) is 6.14. The largest absolute Gasteiger partial charge is 0.392 e. The highest BCUT2D eigenvalue weighted by molar-refractivity contribution is 6.43. The van der Waals surface area contributed by atoms with Crippen molar-refractivity contribution in [3.8, 4) is 0 Å². The van der Waals surface area contributed by atoms with E-state index in [0.717, 1.165) is 5.56 Å². The molecule has 0 amide bonds. The minimum absolute atomic E-state index is 0.0330. The molecule has 14 heavy (non-hydrogen) atoms. The lowest BCUT2D eigenvalue weighted by molar-refractivity contribution is 0.282. The Hall–Kier alpha value is -0.240. The first kappa shape index (κ1) is 11.8. The molecule has 3 heteroatoms. The third kappa shape index (κ3) is 2.22. The van der Waals surface area contributed by atoms with Crippen LogP contribution in [0.3, 0.4) is 0 Å². The molecule has 0 heterocycles. The fourth-order valence-electron chi connectivity index (χ4n) is 1.29. The number of rotatable bonds is 1. The van der Waals surface area contributed by atoms with Gasteiger partial charge in [0.15, 0.2) is 0 Å². The summed E-state index contributed by atoms with van der Waals surface area (Å²) in [5.74, 6) is 0. The Kier molecular flexibility index (Phi) is 3.46. The summed E-state index contributed by atoms with van der Waals surface area (Å²) in [7, 11) is 0. The molecule has 0 saturated heterocycles. The Morgan fingerprint density at radius 1 is 1.14 bits per heavy atom. The van der Waals surface area contributed by atoms with Crippen LogP contribution in [-0.4, -0.2) is 5.11 Å². The van der Waals surface area contributed by atoms with Crippen LogP contribution in [0, 0.1) is 0 Å². The summed E-state index contributed by atoms with van der Waals surface area (Å²) in [6.07, 6.45) is 0. The van der Waals surface area contributed by atoms with Crippen LogP contribution < -0.4 is 0 Å². The second kappa shape index (κ2) is 4.09. The highest BCUT2D eigenvalue weighted by atomic mass is 35.5. The first-order valence-electron chi connectivity index (χ1n) is 4.46. The van der Waals surface area contributed by atoms with Gasteiger partial charge in [-0.3, -0.25) is 0 Å². The third-order valence-electron chi connectivity index (χ3n) is 2.14. The molecule has 0 fully saturated rings. The minimum Gasteiger partial charge on any atom is -0.392 e. The lowest BCUT2D eigenvalue weighted by atomic mass is 9.86. The van der Waals surface area contributed by atoms with Gasteiger partial charge in [0.1, 0.15) is 0 Å². The molecule has 0 bridgehead atoms. The third-order valence-corrected chi connectivity index (χ3v) is 3.06. The van der Waals surface area contributed by atoms with E-state index in [9.17, 15) is 0 Å². The zero-order valence-corrected chi connectivity index (χ0v) is 10.1. The second-order valence-electron chi connectivity index (χ2n) is 4.31. The van der Waals surface area contributed by atoms with Gasteiger partial charge in [-0.1, -0.05) is 56.1 Å². The van der Waals surface area contributed by atoms with Gasteiger partial charge in [0.05, 0.1) is 16.7 Å². The Balaban J connectivity index is 3.31. The van der Waals surface area contributed by atoms with E-state index in [2.05, 4.69) is 20.8 Å². The fraction of sp³-hybridized carbons (Fsp3) is 0.455. The van der Waals surface area contributed by atoms with Gasteiger partial charge in [-0.05, 0) is 16.5 Å². The van der Waals surface area contributed by atoms with Crippen molar-refractivity contribution in [1.29, 1.82) is 0 Å². The molecule has 1 aromatic carbocycles. The highest BCUT2D eigenvalue weighted by Crippen LogP contribution is 2.36. The predicted molar refractivity (Wildman–Crippen MR) is 61.1 cm³/mol. The summed E-state index contributed by atoms with van der Waals surface area (Å²) >= 11 is 12.1. The normalized spacial score (nSPS) is 11.9. The van der Waals surface area contributed by atoms with Gasteiger partial charge in [-0.15, -0.1) is 0 Å². The number of benzene rings is 1. The quantitative estimate of drug-likeness (QED) is 0.782. The van der Waals surface area contributed by atoms with Gasteiger partial charge < -0.3 is 5.11 Å². The summed E-state index contributed by atoms with van der Waals surface area (Å²) in [4.78, 5) is 0. The molecular weight excluding hydrogens is 219 g/mol. The van der Waals surface area contributed by atoms with Crippen molar-refractivity contribution in [2.75, 3.05) is 0 Å². The maximum absolute atomic E-state index is 8.99. The van der Waals surface area contributed by atoms with Gasteiger partial charge in [-0.25, -0.2) is 0 Å². The van der Waals surface area contributed by atoms with E-state index in [0.29, 0.717) is 15.6 Å². The molecule has 1 aromatic rings. The van der Waals surface area contributed by atoms with Crippen LogP contribution in [0.1, 0.15) is 31.9 Å². The molecule has 1 rings (SSSR count). The lowest BCUT2D eigenvalue weighted by Gasteiger charge is -2.21. The first-order valence-corrected chi connectivity index (χ1v) is 5.21. The van der Waals surface area contributed by atoms with Crippen LogP contribution in [0.4, 0.5) is 0 Å². The molecular formula is C11H14Cl2O. The fourth-order valence-corrected chi connectivity index (χ4v) is 1.98. The van der Waals surface area contributed by atoms with Crippen molar-refractivity contribution in [2.45, 2.75) is 32.8 Å². The van der Waals surface area contributed by atoms with E-state index in [-0.39, 0.29) is 12.0 Å². The molecule has 0 aliphatic carbocycles. The molecule has 1 nitrogen and oxygen atoms in total. The van der Waals surface area contributed by atoms with E-state index in [1.165, 1.54) is 0 Å². The van der Waals surface area contributed by atoms with Crippen molar-refractivity contribution in [1.82, 2.24) is 0 Å². The molecule has 78 valence electrons. The summed E-state index contributed by atoms with van der Waals surface area (Å²) in [5.41, 5.74) is 1.64. The van der Waals surface area contributed by atoms with E-state index in [4.69, 9.17) is 28.3 Å². The molecule has 0 aliphatic heterocycles. The van der Waals surface area contributed by atoms with E-state index in [1.54, 1.807) is 0 Å². The van der Waals surface area contributed by atoms with Crippen LogP contribution in [0.5, 0.6) is 0 Å². The smallest absolute Gasteiger partial charge is 0.0696 e. The Morgan fingerprint density at radius 2 is 1.71 bits per heavy atom. The van der Waals surface area contributed by atoms with Crippen LogP contribution in [0.15, 0.2) is 12.1 Å². The first-order chi connectivity index (χ1) is 6.38. The maximum Gasteiger partial charge on any atom is 0.0696 e. The predicted octanol–water partition coefficient (Wildman–Crippen LogP) is 3.78. The standard InChI is InChI=1S/C11H14Cl2O/c1-11(2,3)8-5-4-7(6-14)9(12)10(8)13/h4-5,14H,6H2,1-3H3. The molecule has 0 saturated carbocycles. The van der Waals surface area contributed by atoms with Crippen LogP contribution >= 0.6 is 23.2 Å². The van der Waals surface area contributed by atoms with Crippen molar-refractivity contribution in [2.24, 2.45) is 0 Å². The zero-order chi connectivity index (χ0) is 10.9. The van der Waals surface area contributed by atoms with E-state index < -0.39 is 0 Å². The molecule has 1 N–H and O–H groups in total. The monoisotopic (exact) mass is 232 g/mol. The van der Waals surface area contributed by atoms with Gasteiger partial charge in [0.2, 0.25) is 0 Å². The zero-order valence-electron chi connectivity index (χ0n) is 8.56. The molecule has 0 radical (unpaired) electrons. The topological polar surface area (TPSA) is 20.2 Å². The average molecular weight is 233 g/mol. The van der Waals surface area contributed by atoms with Crippen molar-refractivity contribution in [3.05, 3.63) is 33.3 Å². The Bertz CT molecular complexity index is 340. The molecule has 0 atom stereocenters. The SMILES string of the molecule is CC(C)(C)c1ccc(CO)c(Cl)c1Cl. The lowest BCUT2D eigenvalue weighted by Crippen LogP contribution is -2.12. The van der Waals surface area contributed by atoms with Crippen molar-refractivity contribution < 1.29 is 5.11 Å². The van der Waals surface area contributed by atoms with Crippen LogP contribution in [-0.2, 0) is 12.0 Å². The minimum atomic E-state index is -0.0804. The van der Waals surface area contributed by atoms with Gasteiger partial charge in [0.25, 0.3) is 0 Å². The van der Waals surface area contributed by atoms with Gasteiger partial charge in [0, 0.05) is 0 Å². The second-order valence-corrected chi connectivity index (χ2v) is 5.06. The highest BCUT2D eigenvalue weighted by Gasteiger charge is 2.20. The molecule has 0 unspecified atom stereocenters. The summed E-state index contributed by atoms with van der Waals surface area (Å²) in [6, 6.07) is 3.73. The van der Waals surface area contributed by atoms with Crippen LogP contribution in [0.25, 0.3) is 0 Å². The van der Waals surface area contributed by atoms with Gasteiger partial charge in [-0.2, -0.15) is 0 Å². The molecule has 0 aromatic heterocycles. The number of hydrogen-bond acceptors (Lipinski definition) is 1. The Morgan fingerprint density at radius 3 is 2.14 bits per heavy atom. The average Bonchev–Trinajstić information content (AvgIpc) is 2.07. The van der Waals surface area contributed by atoms with Crippen molar-refractivity contribution >= 4 is 23.2 Å². The number of aliphatic hydroxyl groups excluding tert-OH is 1. The summed E-state index contributed by atoms with van der Waals surface area (Å²) in [5, 5.41) is 10.0. The molecule has 0 aliphatic rings. The maximum atomic E-state index is 8.99. The van der Waals surface area contributed by atoms with E-state index >= 15 is 0 Å². The van der Waals surface area contributed by atoms with Crippen molar-refractivity contribution in [3.63, 3.8) is 0 Å². The van der Waals surface area contributed by atoms with Gasteiger partial charge >= 0.3 is 0 Å². The van der Waals surface area contributed by atoms with Crippen LogP contribution in [0.2, 0.25) is 10.0 Å². The van der Waals surface area contributed by atoms with E-state index in [1.807, 2.05) is 12.1 Å².